The molecule has 1 amide bonds. The Hall–Kier alpha value is -2.19. The monoisotopic (exact) mass is 443 g/mol. The van der Waals surface area contributed by atoms with Gasteiger partial charge in [-0.15, -0.1) is 0 Å². The van der Waals surface area contributed by atoms with Gasteiger partial charge in [0.2, 0.25) is 0 Å². The summed E-state index contributed by atoms with van der Waals surface area (Å²) in [6, 6.07) is 8.38. The molecule has 0 aromatic heterocycles. The van der Waals surface area contributed by atoms with Gasteiger partial charge in [0.25, 0.3) is 0 Å². The Bertz CT molecular complexity index is 1000. The molecule has 0 bridgehead atoms. The molecule has 2 aromatic carbocycles. The maximum absolute atomic E-state index is 14.7. The first-order chi connectivity index (χ1) is 13.7. The zero-order valence-electron chi connectivity index (χ0n) is 15.6. The van der Waals surface area contributed by atoms with Crippen LogP contribution in [0.1, 0.15) is 31.2 Å². The van der Waals surface area contributed by atoms with Gasteiger partial charge in [0.05, 0.1) is 4.90 Å². The molecule has 0 aliphatic heterocycles. The van der Waals surface area contributed by atoms with Gasteiger partial charge in [-0.25, -0.2) is 22.0 Å². The van der Waals surface area contributed by atoms with Gasteiger partial charge in [-0.05, 0) is 68.1 Å². The molecule has 9 heteroatoms. The highest BCUT2D eigenvalue weighted by Crippen LogP contribution is 2.48. The molecule has 156 valence electrons. The number of carbonyl (C=O) groups is 1. The van der Waals surface area contributed by atoms with Gasteiger partial charge in [0.15, 0.2) is 9.84 Å². The van der Waals surface area contributed by atoms with Crippen molar-refractivity contribution in [3.05, 3.63) is 64.7 Å². The molecule has 1 aliphatic rings. The lowest BCUT2D eigenvalue weighted by Crippen LogP contribution is -2.43. The van der Waals surface area contributed by atoms with E-state index in [2.05, 4.69) is 5.32 Å². The number of rotatable bonds is 4. The van der Waals surface area contributed by atoms with E-state index in [9.17, 15) is 22.0 Å². The lowest BCUT2D eigenvalue weighted by molar-refractivity contribution is 0.0684. The fraction of sp³-hybridized carbons (Fsp3) is 0.350. The van der Waals surface area contributed by atoms with Crippen LogP contribution in [0.25, 0.3) is 0 Å². The molecule has 1 aliphatic carbocycles. The second kappa shape index (κ2) is 8.28. The van der Waals surface area contributed by atoms with Crippen molar-refractivity contribution in [2.24, 2.45) is 0 Å². The van der Waals surface area contributed by atoms with Crippen molar-refractivity contribution in [3.63, 3.8) is 0 Å². The Morgan fingerprint density at radius 1 is 1.14 bits per heavy atom. The van der Waals surface area contributed by atoms with Crippen LogP contribution in [0.4, 0.5) is 13.6 Å². The highest BCUT2D eigenvalue weighted by atomic mass is 35.5. The van der Waals surface area contributed by atoms with Crippen LogP contribution < -0.4 is 5.32 Å². The van der Waals surface area contributed by atoms with Gasteiger partial charge in [-0.3, -0.25) is 0 Å². The number of hydrogen-bond donors (Lipinski definition) is 1. The molecule has 0 heterocycles. The SMILES string of the molecule is CNC(=O)OC1CCC(c2cc(F)ccc2F)(S(=O)(=O)c2ccc(Cl)cc2)CC1. The Morgan fingerprint density at radius 2 is 1.76 bits per heavy atom. The van der Waals surface area contributed by atoms with Gasteiger partial charge in [-0.2, -0.15) is 0 Å². The maximum atomic E-state index is 14.7. The fourth-order valence-electron chi connectivity index (χ4n) is 3.75. The van der Waals surface area contributed by atoms with Crippen LogP contribution in [0.2, 0.25) is 5.02 Å². The maximum Gasteiger partial charge on any atom is 0.407 e. The normalized spacial score (nSPS) is 22.1. The van der Waals surface area contributed by atoms with Gasteiger partial charge < -0.3 is 10.1 Å². The minimum absolute atomic E-state index is 0.0278. The highest BCUT2D eigenvalue weighted by Gasteiger charge is 2.50. The molecule has 3 rings (SSSR count). The van der Waals surface area contributed by atoms with Crippen LogP contribution in [-0.4, -0.2) is 27.7 Å². The van der Waals surface area contributed by atoms with E-state index in [0.29, 0.717) is 5.02 Å². The van der Waals surface area contributed by atoms with E-state index in [1.54, 1.807) is 0 Å². The quantitative estimate of drug-likeness (QED) is 0.750. The molecule has 1 saturated carbocycles. The van der Waals surface area contributed by atoms with Crippen molar-refractivity contribution in [3.8, 4) is 0 Å². The van der Waals surface area contributed by atoms with E-state index in [1.807, 2.05) is 0 Å². The van der Waals surface area contributed by atoms with Crippen molar-refractivity contribution in [2.75, 3.05) is 7.05 Å². The third-order valence-electron chi connectivity index (χ3n) is 5.28. The molecule has 0 unspecified atom stereocenters. The first-order valence-electron chi connectivity index (χ1n) is 9.04. The molecule has 0 atom stereocenters. The summed E-state index contributed by atoms with van der Waals surface area (Å²) in [5.74, 6) is -1.52. The van der Waals surface area contributed by atoms with Gasteiger partial charge in [0, 0.05) is 17.6 Å². The van der Waals surface area contributed by atoms with Crippen molar-refractivity contribution < 1.29 is 26.7 Å². The van der Waals surface area contributed by atoms with E-state index in [4.69, 9.17) is 16.3 Å². The van der Waals surface area contributed by atoms with Crippen molar-refractivity contribution in [1.29, 1.82) is 0 Å². The number of hydrogen-bond acceptors (Lipinski definition) is 4. The lowest BCUT2D eigenvalue weighted by Gasteiger charge is -2.39. The van der Waals surface area contributed by atoms with E-state index in [-0.39, 0.29) is 36.1 Å². The Labute approximate surface area is 172 Å². The summed E-state index contributed by atoms with van der Waals surface area (Å²) in [6.07, 6.45) is -0.813. The summed E-state index contributed by atoms with van der Waals surface area (Å²) in [5.41, 5.74) is -0.217. The third-order valence-corrected chi connectivity index (χ3v) is 8.08. The van der Waals surface area contributed by atoms with E-state index in [0.717, 1.165) is 18.2 Å². The molecule has 29 heavy (non-hydrogen) atoms. The van der Waals surface area contributed by atoms with Crippen LogP contribution in [0, 0.1) is 11.6 Å². The number of amides is 1. The molecule has 0 spiro atoms. The number of sulfone groups is 1. The minimum Gasteiger partial charge on any atom is -0.446 e. The first kappa shape index (κ1) is 21.5. The Morgan fingerprint density at radius 3 is 2.34 bits per heavy atom. The zero-order chi connectivity index (χ0) is 21.2. The van der Waals surface area contributed by atoms with Crippen LogP contribution in [0.3, 0.4) is 0 Å². The molecular formula is C20H20ClF2NO4S. The standard InChI is InChI=1S/C20H20ClF2NO4S/c1-24-19(25)28-15-8-10-20(11-9-15,17-12-14(22)4-7-18(17)23)29(26,27)16-5-2-13(21)3-6-16/h2-7,12,15H,8-11H2,1H3,(H,24,25). The van der Waals surface area contributed by atoms with Gasteiger partial charge in [-0.1, -0.05) is 11.6 Å². The predicted octanol–water partition coefficient (Wildman–Crippen LogP) is 4.59. The van der Waals surface area contributed by atoms with E-state index in [1.165, 1.54) is 31.3 Å². The second-order valence-electron chi connectivity index (χ2n) is 6.93. The second-order valence-corrected chi connectivity index (χ2v) is 9.63. The van der Waals surface area contributed by atoms with E-state index >= 15 is 0 Å². The first-order valence-corrected chi connectivity index (χ1v) is 10.9. The summed E-state index contributed by atoms with van der Waals surface area (Å²) < 4.78 is 59.5. The lowest BCUT2D eigenvalue weighted by atomic mass is 9.81. The smallest absolute Gasteiger partial charge is 0.407 e. The zero-order valence-corrected chi connectivity index (χ0v) is 17.2. The summed E-state index contributed by atoms with van der Waals surface area (Å²) in [7, 11) is -2.69. The van der Waals surface area contributed by atoms with Crippen LogP contribution >= 0.6 is 11.6 Å². The molecule has 0 radical (unpaired) electrons. The molecule has 0 saturated heterocycles. The van der Waals surface area contributed by atoms with Gasteiger partial charge in [0.1, 0.15) is 22.5 Å². The number of ether oxygens (including phenoxy) is 1. The van der Waals surface area contributed by atoms with E-state index < -0.39 is 38.4 Å². The number of nitrogens with one attached hydrogen (secondary N) is 1. The summed E-state index contributed by atoms with van der Waals surface area (Å²) >= 11 is 5.87. The summed E-state index contributed by atoms with van der Waals surface area (Å²) in [4.78, 5) is 11.5. The van der Waals surface area contributed by atoms with Crippen molar-refractivity contribution in [1.82, 2.24) is 5.32 Å². The molecule has 1 fully saturated rings. The number of alkyl carbamates (subject to hydrolysis) is 1. The third kappa shape index (κ3) is 4.09. The van der Waals surface area contributed by atoms with Crippen LogP contribution in [-0.2, 0) is 19.3 Å². The Balaban J connectivity index is 2.07. The van der Waals surface area contributed by atoms with Crippen molar-refractivity contribution >= 4 is 27.5 Å². The Kier molecular flexibility index (Phi) is 6.14. The molecule has 5 nitrogen and oxygen atoms in total. The predicted molar refractivity (Wildman–Crippen MR) is 104 cm³/mol. The fourth-order valence-corrected chi connectivity index (χ4v) is 6.05. The minimum atomic E-state index is -4.11. The average molecular weight is 444 g/mol. The largest absolute Gasteiger partial charge is 0.446 e. The number of benzene rings is 2. The topological polar surface area (TPSA) is 72.5 Å². The van der Waals surface area contributed by atoms with Crippen molar-refractivity contribution in [2.45, 2.75) is 41.4 Å². The van der Waals surface area contributed by atoms with Gasteiger partial charge >= 0.3 is 6.09 Å². The highest BCUT2D eigenvalue weighted by molar-refractivity contribution is 7.92. The molecule has 1 N–H and O–H groups in total. The summed E-state index contributed by atoms with van der Waals surface area (Å²) in [6.45, 7) is 0. The number of halogens is 3. The summed E-state index contributed by atoms with van der Waals surface area (Å²) in [5, 5.41) is 2.70. The molecular weight excluding hydrogens is 424 g/mol. The number of carbonyl (C=O) groups excluding carboxylic acids is 1. The molecule has 2 aromatic rings. The van der Waals surface area contributed by atoms with Crippen LogP contribution in [0.5, 0.6) is 0 Å². The van der Waals surface area contributed by atoms with Crippen LogP contribution in [0.15, 0.2) is 47.4 Å². The average Bonchev–Trinajstić information content (AvgIpc) is 2.70.